The fraction of sp³-hybridized carbons (Fsp3) is 0.625. The largest absolute Gasteiger partial charge is 0.367 e. The summed E-state index contributed by atoms with van der Waals surface area (Å²) in [5.74, 6) is 0. The van der Waals surface area contributed by atoms with Gasteiger partial charge < -0.3 is 15.1 Å². The lowest BCUT2D eigenvalue weighted by Gasteiger charge is -2.25. The van der Waals surface area contributed by atoms with Gasteiger partial charge >= 0.3 is 0 Å². The molecule has 1 N–H and O–H groups in total. The van der Waals surface area contributed by atoms with Crippen LogP contribution in [0, 0.1) is 0 Å². The minimum absolute atomic E-state index is 0.640. The van der Waals surface area contributed by atoms with E-state index < -0.39 is 0 Å². The molecule has 0 bridgehead atoms. The van der Waals surface area contributed by atoms with E-state index in [1.54, 1.807) is 0 Å². The molecular weight excluding hydrogens is 234 g/mol. The zero-order chi connectivity index (χ0) is 13.7. The summed E-state index contributed by atoms with van der Waals surface area (Å²) in [4.78, 5) is 4.77. The Morgan fingerprint density at radius 3 is 2.84 bits per heavy atom. The molecule has 3 nitrogen and oxygen atoms in total. The molecule has 0 radical (unpaired) electrons. The van der Waals surface area contributed by atoms with Gasteiger partial charge in [0.1, 0.15) is 0 Å². The SMILES string of the molecule is CC1Cc2ccccc2N1CCNCCCN(C)C. The van der Waals surface area contributed by atoms with Crippen molar-refractivity contribution >= 4 is 5.69 Å². The van der Waals surface area contributed by atoms with Crippen molar-refractivity contribution in [2.75, 3.05) is 45.2 Å². The number of anilines is 1. The first-order valence-corrected chi connectivity index (χ1v) is 7.38. The number of hydrogen-bond acceptors (Lipinski definition) is 3. The second kappa shape index (κ2) is 6.92. The average Bonchev–Trinajstić information content (AvgIpc) is 2.69. The van der Waals surface area contributed by atoms with Crippen LogP contribution in [-0.2, 0) is 6.42 Å². The van der Waals surface area contributed by atoms with Gasteiger partial charge in [0.05, 0.1) is 0 Å². The van der Waals surface area contributed by atoms with Crippen molar-refractivity contribution in [1.82, 2.24) is 10.2 Å². The van der Waals surface area contributed by atoms with Crippen LogP contribution in [0.4, 0.5) is 5.69 Å². The van der Waals surface area contributed by atoms with E-state index in [4.69, 9.17) is 0 Å². The molecule has 19 heavy (non-hydrogen) atoms. The van der Waals surface area contributed by atoms with Gasteiger partial charge in [-0.15, -0.1) is 0 Å². The molecule has 1 aromatic rings. The number of hydrogen-bond donors (Lipinski definition) is 1. The summed E-state index contributed by atoms with van der Waals surface area (Å²) in [6.07, 6.45) is 2.41. The van der Waals surface area contributed by atoms with E-state index in [0.29, 0.717) is 6.04 Å². The van der Waals surface area contributed by atoms with Gasteiger partial charge in [-0.2, -0.15) is 0 Å². The quantitative estimate of drug-likeness (QED) is 0.757. The summed E-state index contributed by atoms with van der Waals surface area (Å²) < 4.78 is 0. The standard InChI is InChI=1S/C16H27N3/c1-14-13-15-7-4-5-8-16(15)19(14)12-10-17-9-6-11-18(2)3/h4-5,7-8,14,17H,6,9-13H2,1-3H3. The number of rotatable bonds is 7. The van der Waals surface area contributed by atoms with E-state index in [2.05, 4.69) is 60.4 Å². The Hall–Kier alpha value is -1.06. The summed E-state index contributed by atoms with van der Waals surface area (Å²) >= 11 is 0. The summed E-state index contributed by atoms with van der Waals surface area (Å²) in [5, 5.41) is 3.55. The molecule has 1 aromatic carbocycles. The van der Waals surface area contributed by atoms with Crippen molar-refractivity contribution in [2.24, 2.45) is 0 Å². The highest BCUT2D eigenvalue weighted by atomic mass is 15.2. The minimum Gasteiger partial charge on any atom is -0.367 e. The van der Waals surface area contributed by atoms with E-state index in [1.807, 2.05) is 0 Å². The topological polar surface area (TPSA) is 18.5 Å². The Bertz CT molecular complexity index is 389. The van der Waals surface area contributed by atoms with Gasteiger partial charge in [-0.25, -0.2) is 0 Å². The fourth-order valence-electron chi connectivity index (χ4n) is 2.82. The Kier molecular flexibility index (Phi) is 5.23. The molecule has 1 aliphatic heterocycles. The maximum absolute atomic E-state index is 3.55. The molecular formula is C16H27N3. The molecule has 0 saturated carbocycles. The Labute approximate surface area is 117 Å². The smallest absolute Gasteiger partial charge is 0.0402 e. The van der Waals surface area contributed by atoms with E-state index in [0.717, 1.165) is 26.2 Å². The van der Waals surface area contributed by atoms with E-state index in [1.165, 1.54) is 24.1 Å². The molecule has 1 atom stereocenters. The van der Waals surface area contributed by atoms with Gasteiger partial charge in [-0.3, -0.25) is 0 Å². The first kappa shape index (κ1) is 14.4. The van der Waals surface area contributed by atoms with Crippen LogP contribution in [0.3, 0.4) is 0 Å². The molecule has 0 spiro atoms. The summed E-state index contributed by atoms with van der Waals surface area (Å²) in [7, 11) is 4.26. The summed E-state index contributed by atoms with van der Waals surface area (Å²) in [5.41, 5.74) is 2.94. The first-order valence-electron chi connectivity index (χ1n) is 7.38. The first-order chi connectivity index (χ1) is 9.18. The van der Waals surface area contributed by atoms with E-state index >= 15 is 0 Å². The predicted octanol–water partition coefficient (Wildman–Crippen LogP) is 1.98. The molecule has 106 valence electrons. The molecule has 0 amide bonds. The normalized spacial score (nSPS) is 18.1. The maximum atomic E-state index is 3.55. The third-order valence-electron chi connectivity index (χ3n) is 3.84. The predicted molar refractivity (Wildman–Crippen MR) is 83.0 cm³/mol. The van der Waals surface area contributed by atoms with Crippen molar-refractivity contribution in [1.29, 1.82) is 0 Å². The van der Waals surface area contributed by atoms with Crippen molar-refractivity contribution in [3.63, 3.8) is 0 Å². The molecule has 0 aliphatic carbocycles. The summed E-state index contributed by atoms with van der Waals surface area (Å²) in [6.45, 7) is 6.79. The van der Waals surface area contributed by atoms with E-state index in [9.17, 15) is 0 Å². The van der Waals surface area contributed by atoms with Crippen molar-refractivity contribution in [2.45, 2.75) is 25.8 Å². The molecule has 1 unspecified atom stereocenters. The van der Waals surface area contributed by atoms with E-state index in [-0.39, 0.29) is 0 Å². The third-order valence-corrected chi connectivity index (χ3v) is 3.84. The van der Waals surface area contributed by atoms with Gasteiger partial charge in [0.2, 0.25) is 0 Å². The van der Waals surface area contributed by atoms with Crippen LogP contribution in [0.5, 0.6) is 0 Å². The molecule has 3 heteroatoms. The van der Waals surface area contributed by atoms with Gasteiger partial charge in [0.25, 0.3) is 0 Å². The van der Waals surface area contributed by atoms with Crippen LogP contribution < -0.4 is 10.2 Å². The Morgan fingerprint density at radius 1 is 1.26 bits per heavy atom. The molecule has 1 aliphatic rings. The van der Waals surface area contributed by atoms with Crippen molar-refractivity contribution in [3.05, 3.63) is 29.8 Å². The van der Waals surface area contributed by atoms with Gasteiger partial charge in [0, 0.05) is 24.8 Å². The van der Waals surface area contributed by atoms with Gasteiger partial charge in [-0.05, 0) is 58.6 Å². The lowest BCUT2D eigenvalue weighted by atomic mass is 10.1. The molecule has 0 aromatic heterocycles. The number of nitrogens with one attached hydrogen (secondary N) is 1. The lowest BCUT2D eigenvalue weighted by molar-refractivity contribution is 0.394. The van der Waals surface area contributed by atoms with Crippen LogP contribution in [0.2, 0.25) is 0 Å². The fourth-order valence-corrected chi connectivity index (χ4v) is 2.82. The van der Waals surface area contributed by atoms with Crippen LogP contribution in [0.15, 0.2) is 24.3 Å². The highest BCUT2D eigenvalue weighted by molar-refractivity contribution is 5.59. The number of fused-ring (bicyclic) bond motifs is 1. The minimum atomic E-state index is 0.640. The number of para-hydroxylation sites is 1. The van der Waals surface area contributed by atoms with Gasteiger partial charge in [-0.1, -0.05) is 18.2 Å². The van der Waals surface area contributed by atoms with Crippen LogP contribution in [0.1, 0.15) is 18.9 Å². The maximum Gasteiger partial charge on any atom is 0.0402 e. The molecule has 0 fully saturated rings. The highest BCUT2D eigenvalue weighted by Gasteiger charge is 2.24. The third kappa shape index (κ3) is 3.95. The zero-order valence-electron chi connectivity index (χ0n) is 12.5. The number of nitrogens with zero attached hydrogens (tertiary/aromatic N) is 2. The number of benzene rings is 1. The Morgan fingerprint density at radius 2 is 2.05 bits per heavy atom. The van der Waals surface area contributed by atoms with Crippen LogP contribution in [0.25, 0.3) is 0 Å². The average molecular weight is 261 g/mol. The molecule has 1 heterocycles. The second-order valence-corrected chi connectivity index (χ2v) is 5.78. The van der Waals surface area contributed by atoms with Crippen LogP contribution >= 0.6 is 0 Å². The monoisotopic (exact) mass is 261 g/mol. The van der Waals surface area contributed by atoms with Crippen molar-refractivity contribution in [3.8, 4) is 0 Å². The zero-order valence-corrected chi connectivity index (χ0v) is 12.5. The lowest BCUT2D eigenvalue weighted by Crippen LogP contribution is -2.36. The van der Waals surface area contributed by atoms with Crippen molar-refractivity contribution < 1.29 is 0 Å². The highest BCUT2D eigenvalue weighted by Crippen LogP contribution is 2.30. The second-order valence-electron chi connectivity index (χ2n) is 5.78. The Balaban J connectivity index is 1.72. The molecule has 2 rings (SSSR count). The molecule has 0 saturated heterocycles. The van der Waals surface area contributed by atoms with Gasteiger partial charge in [0.15, 0.2) is 0 Å². The van der Waals surface area contributed by atoms with Crippen LogP contribution in [-0.4, -0.2) is 51.2 Å². The summed E-state index contributed by atoms with van der Waals surface area (Å²) in [6, 6.07) is 9.45.